The molecule has 1 aliphatic rings. The second kappa shape index (κ2) is 7.89. The van der Waals surface area contributed by atoms with Crippen molar-refractivity contribution in [3.05, 3.63) is 63.5 Å². The van der Waals surface area contributed by atoms with Crippen molar-refractivity contribution in [3.8, 4) is 5.75 Å². The van der Waals surface area contributed by atoms with Gasteiger partial charge in [0.2, 0.25) is 0 Å². The molecule has 1 aromatic heterocycles. The molecule has 30 heavy (non-hydrogen) atoms. The molecule has 1 fully saturated rings. The van der Waals surface area contributed by atoms with Crippen molar-refractivity contribution in [2.24, 2.45) is 0 Å². The number of aromatic hydroxyl groups is 1. The number of hydrogen-bond donors (Lipinski definition) is 3. The highest BCUT2D eigenvalue weighted by Crippen LogP contribution is 2.44. The fraction of sp³-hybridized carbons (Fsp3) is 0.391. The Morgan fingerprint density at radius 3 is 2.60 bits per heavy atom. The van der Waals surface area contributed by atoms with Crippen LogP contribution in [0.1, 0.15) is 39.7 Å². The fourth-order valence-electron chi connectivity index (χ4n) is 4.02. The standard InChI is InChI=1S/C23H24F2O4S/c1-12-13(2)22(28)17(18-10-20(27)23(24,25)21(11-26)29-18)9-15(12)8-16-7-14-5-3-4-6-19(14)30-16/h3-7,9,18,20-21,26-28H,8,10-11H2,1-2H3. The Morgan fingerprint density at radius 1 is 1.17 bits per heavy atom. The van der Waals surface area contributed by atoms with E-state index in [1.807, 2.05) is 19.1 Å². The molecule has 7 heteroatoms. The van der Waals surface area contributed by atoms with Gasteiger partial charge in [-0.3, -0.25) is 0 Å². The monoisotopic (exact) mass is 434 g/mol. The maximum Gasteiger partial charge on any atom is 0.301 e. The number of aliphatic hydroxyl groups excluding tert-OH is 2. The third-order valence-corrected chi connectivity index (χ3v) is 7.11. The minimum Gasteiger partial charge on any atom is -0.507 e. The molecule has 0 bridgehead atoms. The van der Waals surface area contributed by atoms with E-state index < -0.39 is 30.8 Å². The van der Waals surface area contributed by atoms with E-state index in [0.29, 0.717) is 17.5 Å². The molecule has 0 radical (unpaired) electrons. The lowest BCUT2D eigenvalue weighted by atomic mass is 9.88. The number of alkyl halides is 2. The summed E-state index contributed by atoms with van der Waals surface area (Å²) in [5.41, 5.74) is 2.90. The maximum absolute atomic E-state index is 14.1. The average Bonchev–Trinajstić information content (AvgIpc) is 3.13. The third kappa shape index (κ3) is 3.60. The molecule has 3 N–H and O–H groups in total. The topological polar surface area (TPSA) is 69.9 Å². The molecule has 4 rings (SSSR count). The van der Waals surface area contributed by atoms with Crippen LogP contribution in [-0.2, 0) is 11.2 Å². The summed E-state index contributed by atoms with van der Waals surface area (Å²) in [5.74, 6) is -3.56. The van der Waals surface area contributed by atoms with Gasteiger partial charge in [0, 0.05) is 28.0 Å². The number of halogens is 2. The zero-order valence-corrected chi connectivity index (χ0v) is 17.5. The number of rotatable bonds is 4. The predicted molar refractivity (Wildman–Crippen MR) is 112 cm³/mol. The lowest BCUT2D eigenvalue weighted by molar-refractivity contribution is -0.259. The van der Waals surface area contributed by atoms with E-state index in [1.165, 1.54) is 4.70 Å². The smallest absolute Gasteiger partial charge is 0.301 e. The molecule has 2 aromatic carbocycles. The van der Waals surface area contributed by atoms with Gasteiger partial charge in [-0.2, -0.15) is 0 Å². The Bertz CT molecular complexity index is 1050. The summed E-state index contributed by atoms with van der Waals surface area (Å²) < 4.78 is 34.7. The van der Waals surface area contributed by atoms with Crippen molar-refractivity contribution < 1.29 is 28.8 Å². The third-order valence-electron chi connectivity index (χ3n) is 6.00. The van der Waals surface area contributed by atoms with Crippen molar-refractivity contribution in [3.63, 3.8) is 0 Å². The minimum absolute atomic E-state index is 0.0216. The number of thiophene rings is 1. The molecule has 0 spiro atoms. The van der Waals surface area contributed by atoms with Gasteiger partial charge >= 0.3 is 5.92 Å². The van der Waals surface area contributed by atoms with Crippen LogP contribution in [0.5, 0.6) is 5.75 Å². The Hall–Kier alpha value is -2.06. The second-order valence-electron chi connectivity index (χ2n) is 7.87. The minimum atomic E-state index is -3.54. The molecule has 0 amide bonds. The van der Waals surface area contributed by atoms with E-state index in [1.54, 1.807) is 24.3 Å². The van der Waals surface area contributed by atoms with Gasteiger partial charge in [0.15, 0.2) is 0 Å². The highest BCUT2D eigenvalue weighted by atomic mass is 32.1. The second-order valence-corrected chi connectivity index (χ2v) is 9.04. The summed E-state index contributed by atoms with van der Waals surface area (Å²) in [4.78, 5) is 1.15. The summed E-state index contributed by atoms with van der Waals surface area (Å²) in [7, 11) is 0. The zero-order valence-electron chi connectivity index (χ0n) is 16.7. The highest BCUT2D eigenvalue weighted by Gasteiger charge is 2.53. The van der Waals surface area contributed by atoms with Gasteiger partial charge in [-0.05, 0) is 54.1 Å². The largest absolute Gasteiger partial charge is 0.507 e. The van der Waals surface area contributed by atoms with E-state index in [2.05, 4.69) is 18.2 Å². The van der Waals surface area contributed by atoms with Crippen LogP contribution in [0.15, 0.2) is 36.4 Å². The first-order valence-corrected chi connectivity index (χ1v) is 10.7. The van der Waals surface area contributed by atoms with Gasteiger partial charge in [-0.1, -0.05) is 18.2 Å². The Balaban J connectivity index is 1.70. The molecule has 1 aliphatic heterocycles. The van der Waals surface area contributed by atoms with E-state index in [4.69, 9.17) is 4.74 Å². The summed E-state index contributed by atoms with van der Waals surface area (Å²) in [6.45, 7) is 2.78. The van der Waals surface area contributed by atoms with Gasteiger partial charge in [0.25, 0.3) is 0 Å². The first-order valence-electron chi connectivity index (χ1n) is 9.84. The van der Waals surface area contributed by atoms with Crippen molar-refractivity contribution >= 4 is 21.4 Å². The van der Waals surface area contributed by atoms with Crippen LogP contribution in [0.3, 0.4) is 0 Å². The SMILES string of the molecule is Cc1c(Cc2cc3ccccc3s2)cc(C2CC(O)C(F)(F)C(CO)O2)c(O)c1C. The predicted octanol–water partition coefficient (Wildman–Crippen LogP) is 4.63. The molecule has 0 aliphatic carbocycles. The molecule has 0 saturated carbocycles. The van der Waals surface area contributed by atoms with Crippen molar-refractivity contribution in [1.29, 1.82) is 0 Å². The van der Waals surface area contributed by atoms with E-state index in [-0.39, 0.29) is 12.2 Å². The lowest BCUT2D eigenvalue weighted by Gasteiger charge is -2.39. The van der Waals surface area contributed by atoms with Crippen LogP contribution in [0.25, 0.3) is 10.1 Å². The van der Waals surface area contributed by atoms with Crippen molar-refractivity contribution in [2.75, 3.05) is 6.61 Å². The number of phenolic OH excluding ortho intramolecular Hbond substituents is 1. The van der Waals surface area contributed by atoms with Crippen LogP contribution in [0.4, 0.5) is 8.78 Å². The number of benzene rings is 2. The molecule has 3 aromatic rings. The van der Waals surface area contributed by atoms with Crippen molar-refractivity contribution in [1.82, 2.24) is 0 Å². The van der Waals surface area contributed by atoms with Crippen LogP contribution in [-0.4, -0.2) is 40.1 Å². The Morgan fingerprint density at radius 2 is 1.90 bits per heavy atom. The number of hydrogen-bond acceptors (Lipinski definition) is 5. The Kier molecular flexibility index (Phi) is 5.57. The first-order chi connectivity index (χ1) is 14.2. The van der Waals surface area contributed by atoms with Crippen LogP contribution in [0, 0.1) is 13.8 Å². The van der Waals surface area contributed by atoms with Gasteiger partial charge in [0.1, 0.15) is 18.0 Å². The van der Waals surface area contributed by atoms with Gasteiger partial charge < -0.3 is 20.1 Å². The normalized spacial score (nSPS) is 23.7. The Labute approximate surface area is 177 Å². The molecular weight excluding hydrogens is 410 g/mol. The lowest BCUT2D eigenvalue weighted by Crippen LogP contribution is -2.53. The highest BCUT2D eigenvalue weighted by molar-refractivity contribution is 7.19. The zero-order chi connectivity index (χ0) is 21.6. The molecule has 3 unspecified atom stereocenters. The molecular formula is C23H24F2O4S. The number of phenols is 1. The molecule has 3 atom stereocenters. The summed E-state index contributed by atoms with van der Waals surface area (Å²) >= 11 is 1.69. The average molecular weight is 435 g/mol. The van der Waals surface area contributed by atoms with Gasteiger partial charge in [-0.15, -0.1) is 11.3 Å². The first kappa shape index (κ1) is 21.2. The number of aliphatic hydroxyl groups is 2. The van der Waals surface area contributed by atoms with E-state index in [0.717, 1.165) is 21.4 Å². The van der Waals surface area contributed by atoms with Crippen molar-refractivity contribution in [2.45, 2.75) is 50.9 Å². The van der Waals surface area contributed by atoms with Crippen LogP contribution in [0.2, 0.25) is 0 Å². The quantitative estimate of drug-likeness (QED) is 0.560. The molecule has 2 heterocycles. The van der Waals surface area contributed by atoms with Gasteiger partial charge in [0.05, 0.1) is 12.7 Å². The molecule has 160 valence electrons. The summed E-state index contributed by atoms with van der Waals surface area (Å²) in [5, 5.41) is 31.1. The van der Waals surface area contributed by atoms with E-state index >= 15 is 0 Å². The molecule has 4 nitrogen and oxygen atoms in total. The van der Waals surface area contributed by atoms with Crippen LogP contribution < -0.4 is 0 Å². The fourth-order valence-corrected chi connectivity index (χ4v) is 5.11. The summed E-state index contributed by atoms with van der Waals surface area (Å²) in [6.07, 6.45) is -4.44. The maximum atomic E-state index is 14.1. The van der Waals surface area contributed by atoms with E-state index in [9.17, 15) is 24.1 Å². The molecule has 1 saturated heterocycles. The number of ether oxygens (including phenoxy) is 1. The summed E-state index contributed by atoms with van der Waals surface area (Å²) in [6, 6.07) is 12.0. The van der Waals surface area contributed by atoms with Crippen LogP contribution >= 0.6 is 11.3 Å². The van der Waals surface area contributed by atoms with Gasteiger partial charge in [-0.25, -0.2) is 8.78 Å². The number of fused-ring (bicyclic) bond motifs is 1.